The fourth-order valence-electron chi connectivity index (χ4n) is 4.30. The van der Waals surface area contributed by atoms with Gasteiger partial charge < -0.3 is 20.0 Å². The van der Waals surface area contributed by atoms with Gasteiger partial charge in [0.1, 0.15) is 5.82 Å². The van der Waals surface area contributed by atoms with Gasteiger partial charge in [-0.2, -0.15) is 0 Å². The van der Waals surface area contributed by atoms with Crippen molar-refractivity contribution in [2.45, 2.75) is 25.7 Å². The number of carbonyl (C=O) groups excluding carboxylic acids is 1. The molecule has 31 heavy (non-hydrogen) atoms. The normalized spacial score (nSPS) is 17.3. The molecule has 1 aliphatic carbocycles. The molecule has 1 saturated carbocycles. The number of carbonyl (C=O) groups is 1. The average molecular weight is 419 g/mol. The molecule has 160 valence electrons. The molecule has 2 aliphatic rings. The van der Waals surface area contributed by atoms with E-state index >= 15 is 0 Å². The lowest BCUT2D eigenvalue weighted by Crippen LogP contribution is -2.50. The van der Waals surface area contributed by atoms with Crippen molar-refractivity contribution in [3.05, 3.63) is 36.5 Å². The highest BCUT2D eigenvalue weighted by Gasteiger charge is 2.30. The molecule has 9 heteroatoms. The van der Waals surface area contributed by atoms with Gasteiger partial charge in [-0.05, 0) is 25.0 Å². The van der Waals surface area contributed by atoms with Crippen LogP contribution < -0.4 is 10.6 Å². The monoisotopic (exact) mass is 419 g/mol. The van der Waals surface area contributed by atoms with Crippen molar-refractivity contribution in [3.63, 3.8) is 0 Å². The molecule has 0 unspecified atom stereocenters. The number of piperazine rings is 1. The van der Waals surface area contributed by atoms with Gasteiger partial charge in [0.2, 0.25) is 11.8 Å². The number of nitrogens with zero attached hydrogens (tertiary/aromatic N) is 6. The summed E-state index contributed by atoms with van der Waals surface area (Å²) < 4.78 is 5.81. The highest BCUT2D eigenvalue weighted by atomic mass is 16.4. The van der Waals surface area contributed by atoms with Crippen LogP contribution in [0.4, 0.5) is 11.6 Å². The minimum atomic E-state index is 0.214. The van der Waals surface area contributed by atoms with Crippen LogP contribution in [-0.2, 0) is 4.79 Å². The smallest absolute Gasteiger partial charge is 0.270 e. The molecule has 0 spiro atoms. The Labute approximate surface area is 180 Å². The molecule has 1 amide bonds. The van der Waals surface area contributed by atoms with Crippen LogP contribution in [0.15, 0.2) is 40.9 Å². The van der Waals surface area contributed by atoms with E-state index in [-0.39, 0.29) is 17.6 Å². The van der Waals surface area contributed by atoms with Gasteiger partial charge in [0.05, 0.1) is 6.20 Å². The fourth-order valence-corrected chi connectivity index (χ4v) is 4.30. The molecule has 0 atom stereocenters. The Hall–Kier alpha value is -3.49. The average Bonchev–Trinajstić information content (AvgIpc) is 3.52. The molecule has 1 saturated heterocycles. The van der Waals surface area contributed by atoms with Crippen LogP contribution in [0.25, 0.3) is 23.0 Å². The lowest BCUT2D eigenvalue weighted by atomic mass is 10.1. The van der Waals surface area contributed by atoms with E-state index in [0.29, 0.717) is 49.5 Å². The van der Waals surface area contributed by atoms with E-state index in [2.05, 4.69) is 25.1 Å². The van der Waals surface area contributed by atoms with E-state index in [1.165, 1.54) is 12.8 Å². The number of nitrogen functional groups attached to an aromatic ring is 1. The summed E-state index contributed by atoms with van der Waals surface area (Å²) in [5, 5.41) is 8.23. The topological polar surface area (TPSA) is 114 Å². The first-order valence-electron chi connectivity index (χ1n) is 10.7. The van der Waals surface area contributed by atoms with E-state index in [1.807, 2.05) is 35.2 Å². The number of anilines is 2. The van der Waals surface area contributed by atoms with E-state index in [0.717, 1.165) is 18.4 Å². The summed E-state index contributed by atoms with van der Waals surface area (Å²) >= 11 is 0. The minimum Gasteiger partial charge on any atom is -0.414 e. The maximum absolute atomic E-state index is 12.7. The van der Waals surface area contributed by atoms with E-state index < -0.39 is 0 Å². The quantitative estimate of drug-likeness (QED) is 0.686. The number of aromatic nitrogens is 4. The van der Waals surface area contributed by atoms with Crippen LogP contribution in [0.1, 0.15) is 25.7 Å². The summed E-state index contributed by atoms with van der Waals surface area (Å²) in [6.07, 6.45) is 6.05. The van der Waals surface area contributed by atoms with Gasteiger partial charge in [0, 0.05) is 37.7 Å². The maximum Gasteiger partial charge on any atom is 0.270 e. The van der Waals surface area contributed by atoms with Crippen molar-refractivity contribution in [1.82, 2.24) is 25.1 Å². The Morgan fingerprint density at radius 1 is 1.00 bits per heavy atom. The minimum absolute atomic E-state index is 0.214. The number of hydrogen-bond acceptors (Lipinski definition) is 8. The molecule has 0 bridgehead atoms. The summed E-state index contributed by atoms with van der Waals surface area (Å²) in [5.41, 5.74) is 7.26. The highest BCUT2D eigenvalue weighted by molar-refractivity contribution is 5.79. The van der Waals surface area contributed by atoms with Crippen LogP contribution in [0.3, 0.4) is 0 Å². The second-order valence-electron chi connectivity index (χ2n) is 8.03. The Morgan fingerprint density at radius 2 is 1.71 bits per heavy atom. The summed E-state index contributed by atoms with van der Waals surface area (Å²) in [7, 11) is 0. The van der Waals surface area contributed by atoms with Crippen molar-refractivity contribution in [1.29, 1.82) is 0 Å². The van der Waals surface area contributed by atoms with Crippen molar-refractivity contribution in [3.8, 4) is 23.0 Å². The number of nitrogens with two attached hydrogens (primary N) is 1. The van der Waals surface area contributed by atoms with E-state index in [1.54, 1.807) is 6.20 Å². The molecule has 1 aliphatic heterocycles. The Kier molecular flexibility index (Phi) is 5.23. The Balaban J connectivity index is 1.30. The molecule has 5 rings (SSSR count). The predicted molar refractivity (Wildman–Crippen MR) is 116 cm³/mol. The van der Waals surface area contributed by atoms with Gasteiger partial charge >= 0.3 is 0 Å². The molecule has 3 heterocycles. The number of hydrogen-bond donors (Lipinski definition) is 1. The predicted octanol–water partition coefficient (Wildman–Crippen LogP) is 2.61. The summed E-state index contributed by atoms with van der Waals surface area (Å²) in [5.74, 6) is 2.09. The van der Waals surface area contributed by atoms with E-state index in [9.17, 15) is 4.79 Å². The van der Waals surface area contributed by atoms with Crippen LogP contribution in [-0.4, -0.2) is 57.2 Å². The standard InChI is InChI=1S/C22H25N7O2/c23-19-18(21-27-26-20(31-21)15-6-2-1-3-7-15)25-17(14-24-19)28-10-12-29(13-11-28)22(30)16-8-4-5-9-16/h1-3,6-7,14,16H,4-5,8-13H2,(H2,23,24). The Bertz CT molecular complexity index is 1050. The number of rotatable bonds is 4. The lowest BCUT2D eigenvalue weighted by Gasteiger charge is -2.36. The number of benzene rings is 1. The van der Waals surface area contributed by atoms with Crippen molar-refractivity contribution < 1.29 is 9.21 Å². The van der Waals surface area contributed by atoms with Gasteiger partial charge in [-0.25, -0.2) is 9.97 Å². The molecule has 2 aromatic heterocycles. The zero-order chi connectivity index (χ0) is 21.2. The molecule has 1 aromatic carbocycles. The van der Waals surface area contributed by atoms with Crippen LogP contribution in [0.5, 0.6) is 0 Å². The third-order valence-corrected chi connectivity index (χ3v) is 6.06. The summed E-state index contributed by atoms with van der Waals surface area (Å²) in [6.45, 7) is 2.79. The highest BCUT2D eigenvalue weighted by Crippen LogP contribution is 2.29. The first kappa shape index (κ1) is 19.5. The largest absolute Gasteiger partial charge is 0.414 e. The van der Waals surface area contributed by atoms with Crippen molar-refractivity contribution >= 4 is 17.5 Å². The summed E-state index contributed by atoms with van der Waals surface area (Å²) in [4.78, 5) is 25.7. The van der Waals surface area contributed by atoms with Crippen LogP contribution in [0, 0.1) is 5.92 Å². The van der Waals surface area contributed by atoms with Crippen LogP contribution >= 0.6 is 0 Å². The zero-order valence-electron chi connectivity index (χ0n) is 17.3. The molecule has 9 nitrogen and oxygen atoms in total. The van der Waals surface area contributed by atoms with Gasteiger partial charge in [-0.1, -0.05) is 31.0 Å². The van der Waals surface area contributed by atoms with E-state index in [4.69, 9.17) is 10.2 Å². The third-order valence-electron chi connectivity index (χ3n) is 6.06. The van der Waals surface area contributed by atoms with Gasteiger partial charge in [0.25, 0.3) is 5.89 Å². The van der Waals surface area contributed by atoms with Gasteiger partial charge in [-0.3, -0.25) is 4.79 Å². The summed E-state index contributed by atoms with van der Waals surface area (Å²) in [6, 6.07) is 9.54. The first-order valence-corrected chi connectivity index (χ1v) is 10.7. The number of amides is 1. The molecular weight excluding hydrogens is 394 g/mol. The third kappa shape index (κ3) is 3.95. The SMILES string of the molecule is Nc1ncc(N2CCN(C(=O)C3CCCC3)CC2)nc1-c1nnc(-c2ccccc2)o1. The van der Waals surface area contributed by atoms with Crippen molar-refractivity contribution in [2.24, 2.45) is 5.92 Å². The van der Waals surface area contributed by atoms with Gasteiger partial charge in [-0.15, -0.1) is 10.2 Å². The fraction of sp³-hybridized carbons (Fsp3) is 0.409. The van der Waals surface area contributed by atoms with Crippen LogP contribution in [0.2, 0.25) is 0 Å². The first-order chi connectivity index (χ1) is 15.2. The van der Waals surface area contributed by atoms with Gasteiger partial charge in [0.15, 0.2) is 11.5 Å². The maximum atomic E-state index is 12.7. The molecule has 2 N–H and O–H groups in total. The molecular formula is C22H25N7O2. The molecule has 3 aromatic rings. The zero-order valence-corrected chi connectivity index (χ0v) is 17.3. The lowest BCUT2D eigenvalue weighted by molar-refractivity contribution is -0.135. The Morgan fingerprint density at radius 3 is 2.45 bits per heavy atom. The molecule has 2 fully saturated rings. The van der Waals surface area contributed by atoms with Crippen molar-refractivity contribution in [2.75, 3.05) is 36.8 Å². The second kappa shape index (κ2) is 8.33. The second-order valence-corrected chi connectivity index (χ2v) is 8.03. The molecule has 0 radical (unpaired) electrons.